The lowest BCUT2D eigenvalue weighted by molar-refractivity contribution is 0.312. The highest BCUT2D eigenvalue weighted by Gasteiger charge is 2.23. The molecule has 0 saturated heterocycles. The first-order valence-corrected chi connectivity index (χ1v) is 8.22. The number of aromatic nitrogens is 2. The van der Waals surface area contributed by atoms with E-state index in [4.69, 9.17) is 0 Å². The molecule has 0 bridgehead atoms. The van der Waals surface area contributed by atoms with E-state index in [2.05, 4.69) is 34.6 Å². The summed E-state index contributed by atoms with van der Waals surface area (Å²) >= 11 is 0. The summed E-state index contributed by atoms with van der Waals surface area (Å²) in [6.45, 7) is 3.92. The lowest BCUT2D eigenvalue weighted by Gasteiger charge is -2.23. The molecule has 24 heavy (non-hydrogen) atoms. The summed E-state index contributed by atoms with van der Waals surface area (Å²) < 4.78 is 16.7. The number of rotatable bonds is 2. The molecule has 0 spiro atoms. The van der Waals surface area contributed by atoms with Gasteiger partial charge in [0.1, 0.15) is 5.82 Å². The largest absolute Gasteiger partial charge is 0.317 e. The third-order valence-electron chi connectivity index (χ3n) is 4.81. The van der Waals surface area contributed by atoms with Crippen LogP contribution in [-0.4, -0.2) is 28.0 Å². The molecule has 1 aliphatic heterocycles. The van der Waals surface area contributed by atoms with E-state index >= 15 is 0 Å². The van der Waals surface area contributed by atoms with Crippen molar-refractivity contribution in [3.05, 3.63) is 65.4 Å². The van der Waals surface area contributed by atoms with E-state index in [1.807, 2.05) is 18.2 Å². The maximum Gasteiger partial charge on any atom is 0.147 e. The number of likely N-dealkylation sites (N-methyl/N-ethyl adjacent to an activating group) is 1. The minimum Gasteiger partial charge on any atom is -0.317 e. The van der Waals surface area contributed by atoms with Gasteiger partial charge in [0, 0.05) is 49.2 Å². The van der Waals surface area contributed by atoms with E-state index in [-0.39, 0.29) is 5.82 Å². The summed E-state index contributed by atoms with van der Waals surface area (Å²) in [6, 6.07) is 9.34. The van der Waals surface area contributed by atoms with E-state index in [1.54, 1.807) is 24.5 Å². The van der Waals surface area contributed by atoms with Gasteiger partial charge in [-0.15, -0.1) is 0 Å². The number of halogens is 1. The highest BCUT2D eigenvalue weighted by atomic mass is 19.1. The second kappa shape index (κ2) is 5.87. The third-order valence-corrected chi connectivity index (χ3v) is 4.81. The number of hydrogen-bond donors (Lipinski definition) is 0. The van der Waals surface area contributed by atoms with Crippen molar-refractivity contribution in [2.24, 2.45) is 0 Å². The van der Waals surface area contributed by atoms with Crippen molar-refractivity contribution in [2.75, 3.05) is 13.6 Å². The highest BCUT2D eigenvalue weighted by Crippen LogP contribution is 2.33. The van der Waals surface area contributed by atoms with Crippen molar-refractivity contribution in [1.82, 2.24) is 14.5 Å². The van der Waals surface area contributed by atoms with Gasteiger partial charge in [-0.1, -0.05) is 12.1 Å². The molecule has 0 atom stereocenters. The van der Waals surface area contributed by atoms with Gasteiger partial charge in [0.2, 0.25) is 0 Å². The molecule has 0 aliphatic carbocycles. The Kier molecular flexibility index (Phi) is 3.69. The number of nitrogens with zero attached hydrogens (tertiary/aromatic N) is 3. The third kappa shape index (κ3) is 2.43. The monoisotopic (exact) mass is 321 g/mol. The quantitative estimate of drug-likeness (QED) is 0.706. The summed E-state index contributed by atoms with van der Waals surface area (Å²) in [5, 5.41) is 1.02. The summed E-state index contributed by atoms with van der Waals surface area (Å²) in [5.74, 6) is -0.164. The second-order valence-corrected chi connectivity index (χ2v) is 6.47. The fourth-order valence-electron chi connectivity index (χ4n) is 3.56. The Balaban J connectivity index is 1.95. The number of para-hydroxylation sites is 1. The van der Waals surface area contributed by atoms with Crippen molar-refractivity contribution in [3.8, 4) is 0 Å². The topological polar surface area (TPSA) is 21.1 Å². The fraction of sp³-hybridized carbons (Fsp3) is 0.250. The van der Waals surface area contributed by atoms with Gasteiger partial charge in [-0.2, -0.15) is 0 Å². The average molecular weight is 321 g/mol. The minimum absolute atomic E-state index is 0.164. The SMILES string of the molecule is CC(=Cn1c2c(c3cccc(F)c31)CN(C)CC2)c1ccncc1. The molecule has 0 amide bonds. The molecule has 1 aromatic carbocycles. The number of fused-ring (bicyclic) bond motifs is 3. The second-order valence-electron chi connectivity index (χ2n) is 6.47. The number of allylic oxidation sites excluding steroid dienone is 1. The van der Waals surface area contributed by atoms with Crippen LogP contribution in [0.2, 0.25) is 0 Å². The van der Waals surface area contributed by atoms with Gasteiger partial charge in [-0.3, -0.25) is 4.98 Å². The fourth-order valence-corrected chi connectivity index (χ4v) is 3.56. The summed E-state index contributed by atoms with van der Waals surface area (Å²) in [6.07, 6.45) is 6.56. The maximum atomic E-state index is 14.6. The molecular weight excluding hydrogens is 301 g/mol. The minimum atomic E-state index is -0.164. The van der Waals surface area contributed by atoms with Gasteiger partial charge < -0.3 is 9.47 Å². The molecule has 0 radical (unpaired) electrons. The molecule has 4 heteroatoms. The normalized spacial score (nSPS) is 15.7. The van der Waals surface area contributed by atoms with Crippen LogP contribution in [-0.2, 0) is 13.0 Å². The molecule has 3 aromatic rings. The van der Waals surface area contributed by atoms with Gasteiger partial charge in [0.25, 0.3) is 0 Å². The zero-order chi connectivity index (χ0) is 16.7. The van der Waals surface area contributed by atoms with Crippen LogP contribution in [0, 0.1) is 5.82 Å². The first-order chi connectivity index (χ1) is 11.6. The van der Waals surface area contributed by atoms with Gasteiger partial charge in [-0.05, 0) is 48.9 Å². The molecule has 122 valence electrons. The van der Waals surface area contributed by atoms with Crippen molar-refractivity contribution in [3.63, 3.8) is 0 Å². The zero-order valence-electron chi connectivity index (χ0n) is 14.0. The number of benzene rings is 1. The van der Waals surface area contributed by atoms with Crippen molar-refractivity contribution in [2.45, 2.75) is 19.9 Å². The molecule has 1 aliphatic rings. The first kappa shape index (κ1) is 15.1. The predicted molar refractivity (Wildman–Crippen MR) is 96.0 cm³/mol. The molecular formula is C20H20FN3. The van der Waals surface area contributed by atoms with Gasteiger partial charge in [0.15, 0.2) is 0 Å². The molecule has 3 nitrogen and oxygen atoms in total. The highest BCUT2D eigenvalue weighted by molar-refractivity contribution is 5.90. The molecule has 0 unspecified atom stereocenters. The van der Waals surface area contributed by atoms with Crippen LogP contribution in [0.3, 0.4) is 0 Å². The molecule has 0 saturated carbocycles. The van der Waals surface area contributed by atoms with Gasteiger partial charge in [0.05, 0.1) is 5.52 Å². The van der Waals surface area contributed by atoms with E-state index in [9.17, 15) is 4.39 Å². The van der Waals surface area contributed by atoms with E-state index < -0.39 is 0 Å². The van der Waals surface area contributed by atoms with E-state index in [0.29, 0.717) is 5.52 Å². The molecule has 0 N–H and O–H groups in total. The van der Waals surface area contributed by atoms with Crippen LogP contribution in [0.25, 0.3) is 22.7 Å². The van der Waals surface area contributed by atoms with Crippen LogP contribution < -0.4 is 0 Å². The Bertz CT molecular complexity index is 925. The Morgan fingerprint density at radius 3 is 2.79 bits per heavy atom. The number of hydrogen-bond acceptors (Lipinski definition) is 2. The number of pyridine rings is 1. The predicted octanol–water partition coefficient (Wildman–Crippen LogP) is 4.18. The molecule has 2 aromatic heterocycles. The lowest BCUT2D eigenvalue weighted by Crippen LogP contribution is -2.26. The van der Waals surface area contributed by atoms with E-state index in [0.717, 1.165) is 36.0 Å². The maximum absolute atomic E-state index is 14.6. The average Bonchev–Trinajstić information content (AvgIpc) is 2.90. The lowest BCUT2D eigenvalue weighted by atomic mass is 10.0. The Labute approximate surface area is 141 Å². The van der Waals surface area contributed by atoms with Crippen LogP contribution in [0.15, 0.2) is 42.7 Å². The molecule has 3 heterocycles. The van der Waals surface area contributed by atoms with E-state index in [1.165, 1.54) is 11.3 Å². The summed E-state index contributed by atoms with van der Waals surface area (Å²) in [7, 11) is 2.11. The van der Waals surface area contributed by atoms with Crippen molar-refractivity contribution < 1.29 is 4.39 Å². The van der Waals surface area contributed by atoms with Crippen molar-refractivity contribution >= 4 is 22.7 Å². The smallest absolute Gasteiger partial charge is 0.147 e. The van der Waals surface area contributed by atoms with Crippen LogP contribution in [0.4, 0.5) is 4.39 Å². The van der Waals surface area contributed by atoms with Crippen LogP contribution in [0.5, 0.6) is 0 Å². The molecule has 0 fully saturated rings. The van der Waals surface area contributed by atoms with Crippen LogP contribution in [0.1, 0.15) is 23.7 Å². The Morgan fingerprint density at radius 2 is 2.00 bits per heavy atom. The summed E-state index contributed by atoms with van der Waals surface area (Å²) in [4.78, 5) is 6.36. The molecule has 4 rings (SSSR count). The Hall–Kier alpha value is -2.46. The van der Waals surface area contributed by atoms with Gasteiger partial charge in [-0.25, -0.2) is 4.39 Å². The standard InChI is InChI=1S/C20H20FN3/c1-14(15-6-9-22-10-7-15)12-24-19-8-11-23(2)13-17(19)16-4-3-5-18(21)20(16)24/h3-7,9-10,12H,8,11,13H2,1-2H3. The van der Waals surface area contributed by atoms with Gasteiger partial charge >= 0.3 is 0 Å². The van der Waals surface area contributed by atoms with Crippen LogP contribution >= 0.6 is 0 Å². The Morgan fingerprint density at radius 1 is 1.21 bits per heavy atom. The zero-order valence-corrected chi connectivity index (χ0v) is 14.0. The first-order valence-electron chi connectivity index (χ1n) is 8.22. The summed E-state index contributed by atoms with van der Waals surface area (Å²) in [5.41, 5.74) is 5.36. The van der Waals surface area contributed by atoms with Crippen molar-refractivity contribution in [1.29, 1.82) is 0 Å².